The van der Waals surface area contributed by atoms with Crippen LogP contribution in [0.3, 0.4) is 0 Å². The SMILES string of the molecule is CCCC1CCC(N)C(S(=O)(=O)CC(=O)OC)C1. The summed E-state index contributed by atoms with van der Waals surface area (Å²) < 4.78 is 28.7. The second-order valence-electron chi connectivity index (χ2n) is 5.05. The Kier molecular flexibility index (Phi) is 5.59. The van der Waals surface area contributed by atoms with Crippen LogP contribution in [0.4, 0.5) is 0 Å². The summed E-state index contributed by atoms with van der Waals surface area (Å²) in [7, 11) is -2.30. The van der Waals surface area contributed by atoms with Crippen LogP contribution in [-0.4, -0.2) is 38.5 Å². The number of methoxy groups -OCH3 is 1. The molecule has 0 aromatic heterocycles. The number of esters is 1. The van der Waals surface area contributed by atoms with Gasteiger partial charge in [-0.05, 0) is 25.2 Å². The molecule has 1 aliphatic rings. The number of ether oxygens (including phenoxy) is 1. The summed E-state index contributed by atoms with van der Waals surface area (Å²) in [5.74, 6) is -0.854. The molecule has 1 aliphatic carbocycles. The molecule has 6 heteroatoms. The molecule has 18 heavy (non-hydrogen) atoms. The predicted octanol–water partition coefficient (Wildman–Crippen LogP) is 0.870. The largest absolute Gasteiger partial charge is 0.468 e. The summed E-state index contributed by atoms with van der Waals surface area (Å²) in [5.41, 5.74) is 5.91. The summed E-state index contributed by atoms with van der Waals surface area (Å²) in [5, 5.41) is -0.595. The fourth-order valence-electron chi connectivity index (χ4n) is 2.65. The molecule has 5 nitrogen and oxygen atoms in total. The standard InChI is InChI=1S/C12H23NO4S/c1-3-4-9-5-6-10(13)11(7-9)18(15,16)8-12(14)17-2/h9-11H,3-8,13H2,1-2H3. The van der Waals surface area contributed by atoms with Gasteiger partial charge >= 0.3 is 5.97 Å². The highest BCUT2D eigenvalue weighted by atomic mass is 32.2. The van der Waals surface area contributed by atoms with Gasteiger partial charge in [0.05, 0.1) is 12.4 Å². The Labute approximate surface area is 109 Å². The van der Waals surface area contributed by atoms with Crippen LogP contribution in [-0.2, 0) is 19.4 Å². The fraction of sp³-hybridized carbons (Fsp3) is 0.917. The van der Waals surface area contributed by atoms with Crippen LogP contribution in [0.25, 0.3) is 0 Å². The number of carbonyl (C=O) groups excluding carboxylic acids is 1. The van der Waals surface area contributed by atoms with E-state index in [1.807, 2.05) is 0 Å². The summed E-state index contributed by atoms with van der Waals surface area (Å²) in [6, 6.07) is -0.354. The van der Waals surface area contributed by atoms with Gasteiger partial charge in [-0.1, -0.05) is 19.8 Å². The van der Waals surface area contributed by atoms with Crippen molar-refractivity contribution in [2.75, 3.05) is 12.9 Å². The van der Waals surface area contributed by atoms with E-state index in [2.05, 4.69) is 11.7 Å². The van der Waals surface area contributed by atoms with Gasteiger partial charge in [0.2, 0.25) is 0 Å². The Balaban J connectivity index is 2.74. The highest BCUT2D eigenvalue weighted by Gasteiger charge is 2.38. The number of sulfone groups is 1. The van der Waals surface area contributed by atoms with E-state index >= 15 is 0 Å². The average molecular weight is 277 g/mol. The first-order chi connectivity index (χ1) is 8.40. The molecule has 0 spiro atoms. The van der Waals surface area contributed by atoms with Crippen molar-refractivity contribution in [1.82, 2.24) is 0 Å². The van der Waals surface area contributed by atoms with Crippen LogP contribution in [0.15, 0.2) is 0 Å². The molecular weight excluding hydrogens is 254 g/mol. The van der Waals surface area contributed by atoms with Crippen LogP contribution in [0, 0.1) is 5.92 Å². The van der Waals surface area contributed by atoms with Crippen molar-refractivity contribution < 1.29 is 17.9 Å². The summed E-state index contributed by atoms with van der Waals surface area (Å²) in [4.78, 5) is 11.1. The molecule has 0 bridgehead atoms. The van der Waals surface area contributed by atoms with E-state index in [0.29, 0.717) is 12.3 Å². The van der Waals surface area contributed by atoms with E-state index < -0.39 is 26.8 Å². The second-order valence-corrected chi connectivity index (χ2v) is 7.27. The quantitative estimate of drug-likeness (QED) is 0.753. The van der Waals surface area contributed by atoms with E-state index in [4.69, 9.17) is 5.73 Å². The molecule has 0 aromatic carbocycles. The van der Waals surface area contributed by atoms with Gasteiger partial charge in [-0.25, -0.2) is 8.42 Å². The minimum Gasteiger partial charge on any atom is -0.468 e. The van der Waals surface area contributed by atoms with Gasteiger partial charge in [-0.15, -0.1) is 0 Å². The first-order valence-electron chi connectivity index (χ1n) is 6.44. The van der Waals surface area contributed by atoms with Gasteiger partial charge in [-0.3, -0.25) is 4.79 Å². The van der Waals surface area contributed by atoms with Gasteiger partial charge in [0.25, 0.3) is 0 Å². The van der Waals surface area contributed by atoms with Crippen molar-refractivity contribution in [3.8, 4) is 0 Å². The van der Waals surface area contributed by atoms with Crippen molar-refractivity contribution in [2.45, 2.75) is 50.3 Å². The summed E-state index contributed by atoms with van der Waals surface area (Å²) >= 11 is 0. The number of nitrogens with two attached hydrogens (primary N) is 1. The topological polar surface area (TPSA) is 86.5 Å². The lowest BCUT2D eigenvalue weighted by molar-refractivity contribution is -0.137. The Morgan fingerprint density at radius 3 is 2.61 bits per heavy atom. The number of rotatable bonds is 5. The molecule has 1 fully saturated rings. The summed E-state index contributed by atoms with van der Waals surface area (Å²) in [6.07, 6.45) is 4.35. The summed E-state index contributed by atoms with van der Waals surface area (Å²) in [6.45, 7) is 2.09. The van der Waals surface area contributed by atoms with Gasteiger partial charge in [0.1, 0.15) is 5.75 Å². The predicted molar refractivity (Wildman–Crippen MR) is 69.8 cm³/mol. The molecule has 0 amide bonds. The third kappa shape index (κ3) is 3.95. The molecule has 0 aliphatic heterocycles. The van der Waals surface area contributed by atoms with Gasteiger partial charge in [0.15, 0.2) is 9.84 Å². The maximum Gasteiger partial charge on any atom is 0.320 e. The minimum absolute atomic E-state index is 0.354. The monoisotopic (exact) mass is 277 g/mol. The molecule has 3 unspecified atom stereocenters. The van der Waals surface area contributed by atoms with Gasteiger partial charge in [-0.2, -0.15) is 0 Å². The van der Waals surface area contributed by atoms with E-state index in [-0.39, 0.29) is 6.04 Å². The van der Waals surface area contributed by atoms with E-state index in [1.54, 1.807) is 0 Å². The normalized spacial score (nSPS) is 28.9. The fourth-order valence-corrected chi connectivity index (χ4v) is 4.54. The molecule has 0 saturated heterocycles. The van der Waals surface area contributed by atoms with Crippen molar-refractivity contribution in [3.05, 3.63) is 0 Å². The third-order valence-corrected chi connectivity index (χ3v) is 5.76. The molecule has 2 N–H and O–H groups in total. The van der Waals surface area contributed by atoms with Gasteiger partial charge in [0, 0.05) is 6.04 Å². The van der Waals surface area contributed by atoms with E-state index in [1.165, 1.54) is 7.11 Å². The van der Waals surface area contributed by atoms with Crippen LogP contribution < -0.4 is 5.73 Å². The second kappa shape index (κ2) is 6.52. The van der Waals surface area contributed by atoms with Crippen LogP contribution >= 0.6 is 0 Å². The zero-order valence-electron chi connectivity index (χ0n) is 11.1. The van der Waals surface area contributed by atoms with Crippen molar-refractivity contribution >= 4 is 15.8 Å². The van der Waals surface area contributed by atoms with Crippen LogP contribution in [0.1, 0.15) is 39.0 Å². The number of hydrogen-bond acceptors (Lipinski definition) is 5. The van der Waals surface area contributed by atoms with Crippen molar-refractivity contribution in [2.24, 2.45) is 11.7 Å². The lowest BCUT2D eigenvalue weighted by Crippen LogP contribution is -2.46. The molecule has 1 rings (SSSR count). The van der Waals surface area contributed by atoms with Crippen molar-refractivity contribution in [1.29, 1.82) is 0 Å². The Hall–Kier alpha value is -0.620. The zero-order chi connectivity index (χ0) is 13.8. The molecule has 106 valence electrons. The Morgan fingerprint density at radius 2 is 2.06 bits per heavy atom. The molecule has 1 saturated carbocycles. The maximum absolute atomic E-state index is 12.1. The molecule has 0 radical (unpaired) electrons. The lowest BCUT2D eigenvalue weighted by Gasteiger charge is -2.33. The first-order valence-corrected chi connectivity index (χ1v) is 8.16. The number of carbonyl (C=O) groups is 1. The van der Waals surface area contributed by atoms with Crippen molar-refractivity contribution in [3.63, 3.8) is 0 Å². The lowest BCUT2D eigenvalue weighted by atomic mass is 9.83. The molecule has 3 atom stereocenters. The van der Waals surface area contributed by atoms with E-state index in [9.17, 15) is 13.2 Å². The Bertz CT molecular complexity index is 380. The molecule has 0 heterocycles. The smallest absolute Gasteiger partial charge is 0.320 e. The third-order valence-electron chi connectivity index (χ3n) is 3.66. The van der Waals surface area contributed by atoms with Gasteiger partial charge < -0.3 is 10.5 Å². The first kappa shape index (κ1) is 15.4. The molecule has 0 aromatic rings. The Morgan fingerprint density at radius 1 is 1.39 bits per heavy atom. The van der Waals surface area contributed by atoms with E-state index in [0.717, 1.165) is 25.7 Å². The zero-order valence-corrected chi connectivity index (χ0v) is 11.9. The highest BCUT2D eigenvalue weighted by Crippen LogP contribution is 2.31. The average Bonchev–Trinajstić information content (AvgIpc) is 2.31. The number of hydrogen-bond donors (Lipinski definition) is 1. The highest BCUT2D eigenvalue weighted by molar-refractivity contribution is 7.92. The maximum atomic E-state index is 12.1. The minimum atomic E-state index is -3.49. The molecular formula is C12H23NO4S. The van der Waals surface area contributed by atoms with Crippen LogP contribution in [0.2, 0.25) is 0 Å². The van der Waals surface area contributed by atoms with Crippen LogP contribution in [0.5, 0.6) is 0 Å².